The summed E-state index contributed by atoms with van der Waals surface area (Å²) in [5, 5.41) is 0. The molecule has 0 amide bonds. The summed E-state index contributed by atoms with van der Waals surface area (Å²) in [6.45, 7) is 22.4. The highest BCUT2D eigenvalue weighted by molar-refractivity contribution is 5.04. The third-order valence-corrected chi connectivity index (χ3v) is 3.81. The molecule has 0 aromatic rings. The Morgan fingerprint density at radius 2 is 1.50 bits per heavy atom. The van der Waals surface area contributed by atoms with E-state index in [0.29, 0.717) is 5.41 Å². The van der Waals surface area contributed by atoms with Crippen LogP contribution in [0.5, 0.6) is 0 Å². The molecule has 0 bridgehead atoms. The van der Waals surface area contributed by atoms with E-state index >= 15 is 0 Å². The largest absolute Gasteiger partial charge is 0.0853 e. The maximum atomic E-state index is 2.42. The summed E-state index contributed by atoms with van der Waals surface area (Å²) in [6.07, 6.45) is 7.79. The van der Waals surface area contributed by atoms with Gasteiger partial charge in [0.2, 0.25) is 0 Å². The van der Waals surface area contributed by atoms with E-state index < -0.39 is 0 Å². The van der Waals surface area contributed by atoms with Gasteiger partial charge in [0, 0.05) is 0 Å². The van der Waals surface area contributed by atoms with Crippen LogP contribution in [0, 0.1) is 23.2 Å². The summed E-state index contributed by atoms with van der Waals surface area (Å²) >= 11 is 0. The Bertz CT molecular complexity index is 231. The van der Waals surface area contributed by atoms with Gasteiger partial charge in [0.25, 0.3) is 0 Å². The van der Waals surface area contributed by atoms with Crippen molar-refractivity contribution in [3.63, 3.8) is 0 Å². The molecule has 0 aromatic heterocycles. The smallest absolute Gasteiger partial charge is 0.0315 e. The van der Waals surface area contributed by atoms with Crippen molar-refractivity contribution in [2.45, 2.75) is 94.9 Å². The lowest BCUT2D eigenvalue weighted by molar-refractivity contribution is 0.221. The molecule has 0 aliphatic heterocycles. The maximum Gasteiger partial charge on any atom is -0.0315 e. The molecule has 0 N–H and O–H groups in total. The Morgan fingerprint density at radius 1 is 1.05 bits per heavy atom. The van der Waals surface area contributed by atoms with Crippen LogP contribution in [0.4, 0.5) is 0 Å². The Labute approximate surface area is 130 Å². The number of hydrogen-bond acceptors (Lipinski definition) is 0. The van der Waals surface area contributed by atoms with Crippen molar-refractivity contribution in [1.29, 1.82) is 0 Å². The highest BCUT2D eigenvalue weighted by atomic mass is 14.3. The first-order chi connectivity index (χ1) is 9.12. The van der Waals surface area contributed by atoms with E-state index in [0.717, 1.165) is 17.8 Å². The standard InChI is InChI=1S/C11H20.C7H16.C2H6/c1-9-5-7-10(8-6-9)11(2,3)4;1-6(2)5-7(3)4;1-2/h5,10H,6-8H2,1-4H3;6-7H,5H2,1-4H3;1-2H3. The van der Waals surface area contributed by atoms with Crippen molar-refractivity contribution in [2.75, 3.05) is 0 Å². The number of hydrogen-bond donors (Lipinski definition) is 0. The fraction of sp³-hybridized carbons (Fsp3) is 0.900. The quantitative estimate of drug-likeness (QED) is 0.460. The van der Waals surface area contributed by atoms with Gasteiger partial charge in [-0.1, -0.05) is 74.0 Å². The van der Waals surface area contributed by atoms with Crippen molar-refractivity contribution < 1.29 is 0 Å². The van der Waals surface area contributed by atoms with Crippen LogP contribution >= 0.6 is 0 Å². The molecule has 0 spiro atoms. The predicted molar refractivity (Wildman–Crippen MR) is 96.2 cm³/mol. The second-order valence-electron chi connectivity index (χ2n) is 7.91. The SMILES string of the molecule is CC.CC(C)CC(C)C.CC1=CCC(C(C)(C)C)CC1. The first-order valence-electron chi connectivity index (χ1n) is 8.78. The van der Waals surface area contributed by atoms with Crippen molar-refractivity contribution in [2.24, 2.45) is 23.2 Å². The average molecular weight is 283 g/mol. The predicted octanol–water partition coefficient (Wildman–Crippen LogP) is 7.49. The van der Waals surface area contributed by atoms with Gasteiger partial charge in [-0.2, -0.15) is 0 Å². The molecule has 0 heterocycles. The molecule has 0 aromatic carbocycles. The van der Waals surface area contributed by atoms with E-state index in [1.807, 2.05) is 13.8 Å². The summed E-state index contributed by atoms with van der Waals surface area (Å²) in [4.78, 5) is 0. The van der Waals surface area contributed by atoms with Gasteiger partial charge in [0.15, 0.2) is 0 Å². The monoisotopic (exact) mass is 282 g/mol. The van der Waals surface area contributed by atoms with Gasteiger partial charge < -0.3 is 0 Å². The minimum absolute atomic E-state index is 0.511. The van der Waals surface area contributed by atoms with Crippen molar-refractivity contribution in [3.8, 4) is 0 Å². The van der Waals surface area contributed by atoms with Crippen LogP contribution in [0.3, 0.4) is 0 Å². The van der Waals surface area contributed by atoms with Crippen LogP contribution in [0.15, 0.2) is 11.6 Å². The molecule has 1 aliphatic rings. The van der Waals surface area contributed by atoms with Crippen LogP contribution < -0.4 is 0 Å². The molecule has 1 unspecified atom stereocenters. The summed E-state index contributed by atoms with van der Waals surface area (Å²) in [5.74, 6) is 2.66. The van der Waals surface area contributed by atoms with E-state index in [2.05, 4.69) is 61.5 Å². The van der Waals surface area contributed by atoms with Gasteiger partial charge in [-0.05, 0) is 55.8 Å². The fourth-order valence-corrected chi connectivity index (χ4v) is 2.69. The first kappa shape index (κ1) is 22.0. The molecule has 0 saturated carbocycles. The van der Waals surface area contributed by atoms with Crippen molar-refractivity contribution in [1.82, 2.24) is 0 Å². The fourth-order valence-electron chi connectivity index (χ4n) is 2.69. The van der Waals surface area contributed by atoms with Gasteiger partial charge in [0.1, 0.15) is 0 Å². The third kappa shape index (κ3) is 12.8. The lowest BCUT2D eigenvalue weighted by atomic mass is 9.73. The van der Waals surface area contributed by atoms with E-state index in [-0.39, 0.29) is 0 Å². The molecule has 0 radical (unpaired) electrons. The normalized spacial score (nSPS) is 18.8. The maximum absolute atomic E-state index is 2.42. The Morgan fingerprint density at radius 3 is 1.70 bits per heavy atom. The zero-order chi connectivity index (χ0) is 16.3. The topological polar surface area (TPSA) is 0 Å². The molecule has 0 nitrogen and oxygen atoms in total. The first-order valence-corrected chi connectivity index (χ1v) is 8.78. The Hall–Kier alpha value is -0.260. The Kier molecular flexibility index (Phi) is 12.6. The Balaban J connectivity index is 0. The molecule has 0 saturated heterocycles. The van der Waals surface area contributed by atoms with Crippen LogP contribution in [-0.4, -0.2) is 0 Å². The minimum Gasteiger partial charge on any atom is -0.0853 e. The van der Waals surface area contributed by atoms with Gasteiger partial charge in [-0.25, -0.2) is 0 Å². The summed E-state index contributed by atoms with van der Waals surface area (Å²) < 4.78 is 0. The molecular weight excluding hydrogens is 240 g/mol. The van der Waals surface area contributed by atoms with E-state index in [1.54, 1.807) is 5.57 Å². The molecule has 1 atom stereocenters. The van der Waals surface area contributed by atoms with E-state index in [1.165, 1.54) is 25.7 Å². The zero-order valence-corrected chi connectivity index (χ0v) is 16.1. The van der Waals surface area contributed by atoms with E-state index in [9.17, 15) is 0 Å². The van der Waals surface area contributed by atoms with E-state index in [4.69, 9.17) is 0 Å². The molecule has 1 rings (SSSR count). The highest BCUT2D eigenvalue weighted by Crippen LogP contribution is 2.36. The number of rotatable bonds is 2. The summed E-state index contributed by atoms with van der Waals surface area (Å²) in [6, 6.07) is 0. The molecule has 0 heteroatoms. The molecule has 1 aliphatic carbocycles. The van der Waals surface area contributed by atoms with Gasteiger partial charge in [-0.3, -0.25) is 0 Å². The zero-order valence-electron chi connectivity index (χ0n) is 16.1. The molecule has 0 fully saturated rings. The van der Waals surface area contributed by atoms with Crippen LogP contribution in [-0.2, 0) is 0 Å². The molecular formula is C20H42. The van der Waals surface area contributed by atoms with Crippen molar-refractivity contribution >= 4 is 0 Å². The van der Waals surface area contributed by atoms with Crippen LogP contribution in [0.2, 0.25) is 0 Å². The summed E-state index contributed by atoms with van der Waals surface area (Å²) in [5.41, 5.74) is 2.10. The summed E-state index contributed by atoms with van der Waals surface area (Å²) in [7, 11) is 0. The minimum atomic E-state index is 0.511. The van der Waals surface area contributed by atoms with Crippen molar-refractivity contribution in [3.05, 3.63) is 11.6 Å². The second-order valence-corrected chi connectivity index (χ2v) is 7.91. The lowest BCUT2D eigenvalue weighted by Gasteiger charge is -2.32. The van der Waals surface area contributed by atoms with Gasteiger partial charge in [-0.15, -0.1) is 0 Å². The van der Waals surface area contributed by atoms with Crippen LogP contribution in [0.1, 0.15) is 94.9 Å². The average Bonchev–Trinajstić information content (AvgIpc) is 2.30. The lowest BCUT2D eigenvalue weighted by Crippen LogP contribution is -2.21. The number of allylic oxidation sites excluding steroid dienone is 2. The van der Waals surface area contributed by atoms with Crippen LogP contribution in [0.25, 0.3) is 0 Å². The molecule has 122 valence electrons. The van der Waals surface area contributed by atoms with Gasteiger partial charge in [0.05, 0.1) is 0 Å². The second kappa shape index (κ2) is 11.4. The van der Waals surface area contributed by atoms with Gasteiger partial charge >= 0.3 is 0 Å². The third-order valence-electron chi connectivity index (χ3n) is 3.81. The molecule has 20 heavy (non-hydrogen) atoms. The highest BCUT2D eigenvalue weighted by Gasteiger charge is 2.24.